The van der Waals surface area contributed by atoms with E-state index in [-0.39, 0.29) is 5.82 Å². The minimum absolute atomic E-state index is 0.133. The topological polar surface area (TPSA) is 30.3 Å². The molecule has 18 heavy (non-hydrogen) atoms. The lowest BCUT2D eigenvalue weighted by Gasteiger charge is -2.22. The number of rotatable bonds is 4. The van der Waals surface area contributed by atoms with E-state index in [2.05, 4.69) is 15.9 Å². The highest BCUT2D eigenvalue weighted by atomic mass is 19.1. The molecule has 0 N–H and O–H groups in total. The van der Waals surface area contributed by atoms with Crippen molar-refractivity contribution < 1.29 is 4.39 Å². The quantitative estimate of drug-likeness (QED) is 0.761. The monoisotopic (exact) mass is 247 g/mol. The number of likely N-dealkylation sites (N-methyl/N-ethyl adjacent to an activating group) is 1. The second kappa shape index (κ2) is 5.94. The van der Waals surface area contributed by atoms with Crippen LogP contribution < -0.4 is 0 Å². The van der Waals surface area contributed by atoms with Crippen LogP contribution in [-0.4, -0.2) is 42.5 Å². The second-order valence-corrected chi connectivity index (χ2v) is 4.84. The fourth-order valence-corrected chi connectivity index (χ4v) is 2.42. The lowest BCUT2D eigenvalue weighted by molar-refractivity contribution is 0.248. The molecule has 0 bridgehead atoms. The van der Waals surface area contributed by atoms with Gasteiger partial charge < -0.3 is 0 Å². The van der Waals surface area contributed by atoms with Gasteiger partial charge >= 0.3 is 0 Å². The fourth-order valence-electron chi connectivity index (χ4n) is 2.42. The predicted molar refractivity (Wildman–Crippen MR) is 68.3 cm³/mol. The zero-order valence-electron chi connectivity index (χ0n) is 10.6. The maximum absolute atomic E-state index is 13.5. The summed E-state index contributed by atoms with van der Waals surface area (Å²) in [5.74, 6) is -0.133. The fraction of sp³-hybridized carbons (Fsp3) is 0.500. The maximum atomic E-state index is 13.5. The van der Waals surface area contributed by atoms with Crippen molar-refractivity contribution in [3.05, 3.63) is 35.6 Å². The summed E-state index contributed by atoms with van der Waals surface area (Å²) < 4.78 is 13.5. The molecule has 0 aliphatic carbocycles. The molecule has 4 heteroatoms. The van der Waals surface area contributed by atoms with Crippen LogP contribution in [0.25, 0.3) is 0 Å². The Bertz CT molecular complexity index is 441. The number of nitrogens with zero attached hydrogens (tertiary/aromatic N) is 3. The van der Waals surface area contributed by atoms with Gasteiger partial charge in [0.25, 0.3) is 0 Å². The summed E-state index contributed by atoms with van der Waals surface area (Å²) >= 11 is 0. The van der Waals surface area contributed by atoms with Crippen LogP contribution in [0.15, 0.2) is 24.3 Å². The largest absolute Gasteiger partial charge is 0.297 e. The molecule has 96 valence electrons. The molecule has 1 fully saturated rings. The van der Waals surface area contributed by atoms with Crippen LogP contribution in [0, 0.1) is 17.1 Å². The van der Waals surface area contributed by atoms with Gasteiger partial charge in [-0.25, -0.2) is 4.39 Å². The van der Waals surface area contributed by atoms with Crippen LogP contribution in [0.4, 0.5) is 4.39 Å². The van der Waals surface area contributed by atoms with Crippen LogP contribution >= 0.6 is 0 Å². The molecule has 0 aromatic heterocycles. The van der Waals surface area contributed by atoms with Crippen molar-refractivity contribution in [2.45, 2.75) is 19.0 Å². The minimum Gasteiger partial charge on any atom is -0.297 e. The van der Waals surface area contributed by atoms with E-state index in [1.54, 1.807) is 6.07 Å². The third kappa shape index (κ3) is 3.06. The summed E-state index contributed by atoms with van der Waals surface area (Å²) in [7, 11) is 1.97. The Morgan fingerprint density at radius 1 is 1.50 bits per heavy atom. The van der Waals surface area contributed by atoms with Gasteiger partial charge in [-0.2, -0.15) is 5.26 Å². The number of halogens is 1. The van der Waals surface area contributed by atoms with E-state index in [9.17, 15) is 4.39 Å². The normalized spacial score (nSPS) is 20.2. The molecule has 3 nitrogen and oxygen atoms in total. The van der Waals surface area contributed by atoms with Gasteiger partial charge in [0.15, 0.2) is 0 Å². The lowest BCUT2D eigenvalue weighted by Crippen LogP contribution is -2.34. The van der Waals surface area contributed by atoms with Gasteiger partial charge in [-0.15, -0.1) is 0 Å². The van der Waals surface area contributed by atoms with E-state index in [1.165, 1.54) is 6.07 Å². The van der Waals surface area contributed by atoms with E-state index in [0.717, 1.165) is 25.1 Å². The molecule has 0 amide bonds. The van der Waals surface area contributed by atoms with Crippen molar-refractivity contribution in [3.63, 3.8) is 0 Å². The molecule has 1 saturated heterocycles. The van der Waals surface area contributed by atoms with Gasteiger partial charge in [0.2, 0.25) is 0 Å². The number of hydrogen-bond acceptors (Lipinski definition) is 3. The molecule has 1 unspecified atom stereocenters. The molecule has 0 radical (unpaired) electrons. The highest BCUT2D eigenvalue weighted by Gasteiger charge is 2.25. The van der Waals surface area contributed by atoms with Gasteiger partial charge in [0, 0.05) is 31.2 Å². The Balaban J connectivity index is 1.90. The molecular weight excluding hydrogens is 229 g/mol. The molecule has 1 atom stereocenters. The number of benzene rings is 1. The van der Waals surface area contributed by atoms with Gasteiger partial charge in [-0.3, -0.25) is 9.80 Å². The van der Waals surface area contributed by atoms with Crippen LogP contribution in [0.5, 0.6) is 0 Å². The third-order valence-corrected chi connectivity index (χ3v) is 3.54. The Kier molecular flexibility index (Phi) is 4.29. The van der Waals surface area contributed by atoms with Crippen LogP contribution in [0.1, 0.15) is 12.0 Å². The molecular formula is C14H18FN3. The molecule has 1 aliphatic heterocycles. The first-order valence-corrected chi connectivity index (χ1v) is 6.23. The molecule has 0 spiro atoms. The van der Waals surface area contributed by atoms with Crippen molar-refractivity contribution in [2.75, 3.05) is 26.7 Å². The molecule has 2 rings (SSSR count). The van der Waals surface area contributed by atoms with E-state index in [1.807, 2.05) is 19.2 Å². The first-order chi connectivity index (χ1) is 8.70. The summed E-state index contributed by atoms with van der Waals surface area (Å²) in [6.07, 6.45) is 1.05. The average Bonchev–Trinajstić information content (AvgIpc) is 2.81. The van der Waals surface area contributed by atoms with Crippen molar-refractivity contribution in [2.24, 2.45) is 0 Å². The van der Waals surface area contributed by atoms with E-state index >= 15 is 0 Å². The molecule has 1 heterocycles. The SMILES string of the molecule is CN(CC#N)C1CCN(Cc2ccccc2F)C1. The Labute approximate surface area is 107 Å². The van der Waals surface area contributed by atoms with E-state index < -0.39 is 0 Å². The summed E-state index contributed by atoms with van der Waals surface area (Å²) in [4.78, 5) is 4.32. The summed E-state index contributed by atoms with van der Waals surface area (Å²) in [5.41, 5.74) is 0.751. The Morgan fingerprint density at radius 2 is 2.28 bits per heavy atom. The van der Waals surface area contributed by atoms with Gasteiger partial charge in [-0.1, -0.05) is 18.2 Å². The van der Waals surface area contributed by atoms with E-state index in [0.29, 0.717) is 19.1 Å². The first-order valence-electron chi connectivity index (χ1n) is 6.23. The van der Waals surface area contributed by atoms with Crippen molar-refractivity contribution in [3.8, 4) is 6.07 Å². The zero-order chi connectivity index (χ0) is 13.0. The molecule has 1 aromatic carbocycles. The van der Waals surface area contributed by atoms with Gasteiger partial charge in [0.05, 0.1) is 12.6 Å². The Morgan fingerprint density at radius 3 is 3.00 bits per heavy atom. The lowest BCUT2D eigenvalue weighted by atomic mass is 10.2. The Hall–Kier alpha value is -1.44. The second-order valence-electron chi connectivity index (χ2n) is 4.84. The average molecular weight is 247 g/mol. The summed E-state index contributed by atoms with van der Waals surface area (Å²) in [5, 5.41) is 8.68. The van der Waals surface area contributed by atoms with Crippen LogP contribution in [0.3, 0.4) is 0 Å². The first kappa shape index (κ1) is 13.0. The van der Waals surface area contributed by atoms with Gasteiger partial charge in [-0.05, 0) is 19.5 Å². The standard InChI is InChI=1S/C14H18FN3/c1-17(9-7-16)13-6-8-18(11-13)10-12-4-2-3-5-14(12)15/h2-5,13H,6,8-11H2,1H3. The number of likely N-dealkylation sites (tertiary alicyclic amines) is 1. The van der Waals surface area contributed by atoms with Crippen molar-refractivity contribution in [1.29, 1.82) is 5.26 Å². The smallest absolute Gasteiger partial charge is 0.127 e. The molecule has 1 aliphatic rings. The summed E-state index contributed by atoms with van der Waals surface area (Å²) in [6, 6.07) is 9.50. The summed E-state index contributed by atoms with van der Waals surface area (Å²) in [6.45, 7) is 2.99. The highest BCUT2D eigenvalue weighted by molar-refractivity contribution is 5.17. The van der Waals surface area contributed by atoms with Crippen molar-refractivity contribution >= 4 is 0 Å². The zero-order valence-corrected chi connectivity index (χ0v) is 10.6. The van der Waals surface area contributed by atoms with Crippen LogP contribution in [-0.2, 0) is 6.54 Å². The number of nitriles is 1. The molecule has 0 saturated carbocycles. The van der Waals surface area contributed by atoms with Crippen LogP contribution in [0.2, 0.25) is 0 Å². The van der Waals surface area contributed by atoms with Crippen molar-refractivity contribution in [1.82, 2.24) is 9.80 Å². The number of hydrogen-bond donors (Lipinski definition) is 0. The molecule has 1 aromatic rings. The highest BCUT2D eigenvalue weighted by Crippen LogP contribution is 2.18. The minimum atomic E-state index is -0.133. The predicted octanol–water partition coefficient (Wildman–Crippen LogP) is 1.86. The van der Waals surface area contributed by atoms with Gasteiger partial charge in [0.1, 0.15) is 5.82 Å². The van der Waals surface area contributed by atoms with E-state index in [4.69, 9.17) is 5.26 Å². The third-order valence-electron chi connectivity index (χ3n) is 3.54. The maximum Gasteiger partial charge on any atom is 0.127 e.